The molecule has 20 heavy (non-hydrogen) atoms. The molecular weight excluding hydrogens is 252 g/mol. The molecule has 0 aliphatic carbocycles. The molecule has 1 aromatic rings. The number of anilines is 1. The van der Waals surface area contributed by atoms with E-state index in [1.54, 1.807) is 6.07 Å². The number of rotatable bonds is 5. The van der Waals surface area contributed by atoms with E-state index in [4.69, 9.17) is 5.73 Å². The molecule has 3 N–H and O–H groups in total. The van der Waals surface area contributed by atoms with Crippen LogP contribution in [-0.4, -0.2) is 41.1 Å². The number of aryl methyl sites for hydroxylation is 1. The summed E-state index contributed by atoms with van der Waals surface area (Å²) in [5.41, 5.74) is 7.15. The molecule has 1 atom stereocenters. The van der Waals surface area contributed by atoms with Crippen LogP contribution in [0.1, 0.15) is 43.6 Å². The van der Waals surface area contributed by atoms with Crippen molar-refractivity contribution in [1.82, 2.24) is 14.8 Å². The maximum absolute atomic E-state index is 12.4. The molecule has 1 aliphatic heterocycles. The quantitative estimate of drug-likeness (QED) is 0.861. The van der Waals surface area contributed by atoms with Crippen LogP contribution >= 0.6 is 0 Å². The van der Waals surface area contributed by atoms with E-state index >= 15 is 0 Å². The normalized spacial score (nSPS) is 20.0. The number of likely N-dealkylation sites (tertiary alicyclic amines) is 1. The third-order valence-electron chi connectivity index (χ3n) is 3.90. The van der Waals surface area contributed by atoms with Gasteiger partial charge in [0.2, 0.25) is 0 Å². The summed E-state index contributed by atoms with van der Waals surface area (Å²) in [5.74, 6) is -0.00176. The number of likely N-dealkylation sites (N-methyl/N-ethyl adjacent to an activating group) is 1. The van der Waals surface area contributed by atoms with Gasteiger partial charge in [-0.05, 0) is 38.4 Å². The van der Waals surface area contributed by atoms with Crippen LogP contribution in [0.15, 0.2) is 12.3 Å². The molecule has 1 unspecified atom stereocenters. The molecule has 0 radical (unpaired) electrons. The van der Waals surface area contributed by atoms with Gasteiger partial charge in [-0.1, -0.05) is 13.8 Å². The van der Waals surface area contributed by atoms with Crippen molar-refractivity contribution in [2.24, 2.45) is 0 Å². The fourth-order valence-electron chi connectivity index (χ4n) is 2.87. The highest BCUT2D eigenvalue weighted by atomic mass is 16.2. The second kappa shape index (κ2) is 6.79. The number of amides is 1. The van der Waals surface area contributed by atoms with Gasteiger partial charge in [-0.3, -0.25) is 4.79 Å². The first kappa shape index (κ1) is 14.9. The number of nitrogens with one attached hydrogen (secondary N) is 1. The zero-order valence-corrected chi connectivity index (χ0v) is 12.6. The highest BCUT2D eigenvalue weighted by molar-refractivity contribution is 5.94. The SMILES string of the molecule is CCCn1cc(N)cc1C(=O)NC1CCCN(CC)C1. The lowest BCUT2D eigenvalue weighted by atomic mass is 10.1. The molecule has 0 aromatic carbocycles. The van der Waals surface area contributed by atoms with Crippen molar-refractivity contribution >= 4 is 11.6 Å². The topological polar surface area (TPSA) is 63.3 Å². The molecule has 5 heteroatoms. The van der Waals surface area contributed by atoms with Gasteiger partial charge in [-0.15, -0.1) is 0 Å². The summed E-state index contributed by atoms with van der Waals surface area (Å²) in [6.07, 6.45) is 5.04. The molecule has 5 nitrogen and oxygen atoms in total. The van der Waals surface area contributed by atoms with Gasteiger partial charge in [0, 0.05) is 25.3 Å². The summed E-state index contributed by atoms with van der Waals surface area (Å²) in [7, 11) is 0. The molecule has 2 rings (SSSR count). The van der Waals surface area contributed by atoms with E-state index in [9.17, 15) is 4.79 Å². The lowest BCUT2D eigenvalue weighted by Crippen LogP contribution is -2.47. The van der Waals surface area contributed by atoms with Gasteiger partial charge >= 0.3 is 0 Å². The summed E-state index contributed by atoms with van der Waals surface area (Å²) in [6.45, 7) is 8.22. The van der Waals surface area contributed by atoms with Crippen molar-refractivity contribution in [2.75, 3.05) is 25.4 Å². The van der Waals surface area contributed by atoms with E-state index in [-0.39, 0.29) is 11.9 Å². The zero-order chi connectivity index (χ0) is 14.5. The highest BCUT2D eigenvalue weighted by Gasteiger charge is 2.22. The molecule has 2 heterocycles. The average molecular weight is 278 g/mol. The lowest BCUT2D eigenvalue weighted by Gasteiger charge is -2.32. The predicted octanol–water partition coefficient (Wildman–Crippen LogP) is 1.69. The Morgan fingerprint density at radius 3 is 3.00 bits per heavy atom. The van der Waals surface area contributed by atoms with Crippen LogP contribution in [0.5, 0.6) is 0 Å². The standard InChI is InChI=1S/C15H26N4O/c1-3-7-19-10-12(16)9-14(19)15(20)17-13-6-5-8-18(4-2)11-13/h9-10,13H,3-8,11,16H2,1-2H3,(H,17,20). The van der Waals surface area contributed by atoms with Crippen molar-refractivity contribution in [3.63, 3.8) is 0 Å². The summed E-state index contributed by atoms with van der Waals surface area (Å²) >= 11 is 0. The summed E-state index contributed by atoms with van der Waals surface area (Å²) in [4.78, 5) is 14.8. The van der Waals surface area contributed by atoms with Crippen molar-refractivity contribution in [3.05, 3.63) is 18.0 Å². The first-order chi connectivity index (χ1) is 9.63. The minimum Gasteiger partial charge on any atom is -0.397 e. The third-order valence-corrected chi connectivity index (χ3v) is 3.90. The molecule has 112 valence electrons. The van der Waals surface area contributed by atoms with Gasteiger partial charge in [0.15, 0.2) is 0 Å². The minimum absolute atomic E-state index is 0.00176. The first-order valence-electron chi connectivity index (χ1n) is 7.62. The molecule has 0 spiro atoms. The Kier molecular flexibility index (Phi) is 5.06. The summed E-state index contributed by atoms with van der Waals surface area (Å²) < 4.78 is 1.95. The van der Waals surface area contributed by atoms with Gasteiger partial charge in [-0.25, -0.2) is 0 Å². The third kappa shape index (κ3) is 3.54. The highest BCUT2D eigenvalue weighted by Crippen LogP contribution is 2.14. The molecule has 1 amide bonds. The largest absolute Gasteiger partial charge is 0.397 e. The molecule has 1 aromatic heterocycles. The van der Waals surface area contributed by atoms with E-state index in [1.165, 1.54) is 0 Å². The number of nitrogen functional groups attached to an aromatic ring is 1. The van der Waals surface area contributed by atoms with E-state index in [1.807, 2.05) is 10.8 Å². The van der Waals surface area contributed by atoms with Crippen LogP contribution in [0.4, 0.5) is 5.69 Å². The van der Waals surface area contributed by atoms with Gasteiger partial charge in [0.1, 0.15) is 5.69 Å². The molecule has 1 fully saturated rings. The van der Waals surface area contributed by atoms with Gasteiger partial charge in [0.05, 0.1) is 5.69 Å². The Balaban J connectivity index is 2.00. The van der Waals surface area contributed by atoms with E-state index in [0.717, 1.165) is 45.4 Å². The van der Waals surface area contributed by atoms with Crippen LogP contribution < -0.4 is 11.1 Å². The molecule has 1 aliphatic rings. The number of carbonyl (C=O) groups is 1. The number of aromatic nitrogens is 1. The number of nitrogens with two attached hydrogens (primary N) is 1. The van der Waals surface area contributed by atoms with E-state index in [0.29, 0.717) is 11.4 Å². The van der Waals surface area contributed by atoms with Gasteiger partial charge in [0.25, 0.3) is 5.91 Å². The Morgan fingerprint density at radius 1 is 1.50 bits per heavy atom. The second-order valence-corrected chi connectivity index (χ2v) is 5.56. The van der Waals surface area contributed by atoms with Crippen LogP contribution in [0.2, 0.25) is 0 Å². The van der Waals surface area contributed by atoms with Gasteiger partial charge < -0.3 is 20.5 Å². The first-order valence-corrected chi connectivity index (χ1v) is 7.62. The van der Waals surface area contributed by atoms with Crippen molar-refractivity contribution in [2.45, 2.75) is 45.7 Å². The fraction of sp³-hybridized carbons (Fsp3) is 0.667. The van der Waals surface area contributed by atoms with Crippen molar-refractivity contribution in [1.29, 1.82) is 0 Å². The smallest absolute Gasteiger partial charge is 0.268 e. The number of hydrogen-bond acceptors (Lipinski definition) is 3. The Morgan fingerprint density at radius 2 is 2.30 bits per heavy atom. The Bertz CT molecular complexity index is 455. The van der Waals surface area contributed by atoms with Crippen LogP contribution in [-0.2, 0) is 6.54 Å². The van der Waals surface area contributed by atoms with Crippen molar-refractivity contribution < 1.29 is 4.79 Å². The second-order valence-electron chi connectivity index (χ2n) is 5.56. The molecular formula is C15H26N4O. The number of nitrogens with zero attached hydrogens (tertiary/aromatic N) is 2. The van der Waals surface area contributed by atoms with Crippen LogP contribution in [0.25, 0.3) is 0 Å². The number of hydrogen-bond donors (Lipinski definition) is 2. The number of carbonyl (C=O) groups excluding carboxylic acids is 1. The zero-order valence-electron chi connectivity index (χ0n) is 12.6. The maximum Gasteiger partial charge on any atom is 0.268 e. The average Bonchev–Trinajstić information content (AvgIpc) is 2.80. The monoisotopic (exact) mass is 278 g/mol. The fourth-order valence-corrected chi connectivity index (χ4v) is 2.87. The Labute approximate surface area is 121 Å². The molecule has 0 bridgehead atoms. The van der Waals surface area contributed by atoms with E-state index < -0.39 is 0 Å². The summed E-state index contributed by atoms with van der Waals surface area (Å²) in [6, 6.07) is 2.02. The van der Waals surface area contributed by atoms with Crippen molar-refractivity contribution in [3.8, 4) is 0 Å². The molecule has 1 saturated heterocycles. The summed E-state index contributed by atoms with van der Waals surface area (Å²) in [5, 5.41) is 3.15. The Hall–Kier alpha value is -1.49. The molecule has 0 saturated carbocycles. The van der Waals surface area contributed by atoms with Crippen LogP contribution in [0, 0.1) is 0 Å². The minimum atomic E-state index is -0.00176. The van der Waals surface area contributed by atoms with Crippen LogP contribution in [0.3, 0.4) is 0 Å². The predicted molar refractivity (Wildman–Crippen MR) is 81.7 cm³/mol. The van der Waals surface area contributed by atoms with E-state index in [2.05, 4.69) is 24.1 Å². The lowest BCUT2D eigenvalue weighted by molar-refractivity contribution is 0.0896. The number of piperidine rings is 1. The maximum atomic E-state index is 12.4. The van der Waals surface area contributed by atoms with Gasteiger partial charge in [-0.2, -0.15) is 0 Å².